The van der Waals surface area contributed by atoms with E-state index < -0.39 is 11.9 Å². The number of carbonyl (C=O) groups excluding carboxylic acids is 3. The third-order valence-electron chi connectivity index (χ3n) is 5.76. The van der Waals surface area contributed by atoms with Gasteiger partial charge in [0.15, 0.2) is 6.61 Å². The molecule has 0 radical (unpaired) electrons. The Labute approximate surface area is 145 Å². The number of aryl methyl sites for hydroxylation is 2. The maximum absolute atomic E-state index is 12.4. The number of carbonyl (C=O) groups is 3. The Morgan fingerprint density at radius 3 is 2.84 bits per heavy atom. The van der Waals surface area contributed by atoms with Crippen LogP contribution in [-0.4, -0.2) is 30.6 Å². The number of hydrogen-bond donors (Lipinski definition) is 1. The summed E-state index contributed by atoms with van der Waals surface area (Å²) >= 11 is 0. The molecule has 1 amide bonds. The molecule has 1 aliphatic heterocycles. The lowest BCUT2D eigenvalue weighted by molar-refractivity contribution is -0.157. The predicted octanol–water partition coefficient (Wildman–Crippen LogP) is 1.98. The van der Waals surface area contributed by atoms with Crippen molar-refractivity contribution in [3.63, 3.8) is 0 Å². The molecular formula is C19H21NO5. The molecule has 1 saturated heterocycles. The highest BCUT2D eigenvalue weighted by Gasteiger charge is 2.64. The van der Waals surface area contributed by atoms with E-state index >= 15 is 0 Å². The van der Waals surface area contributed by atoms with Gasteiger partial charge in [-0.2, -0.15) is 0 Å². The summed E-state index contributed by atoms with van der Waals surface area (Å²) < 4.78 is 10.5. The lowest BCUT2D eigenvalue weighted by atomic mass is 9.80. The van der Waals surface area contributed by atoms with Crippen molar-refractivity contribution in [2.24, 2.45) is 23.7 Å². The number of esters is 2. The third kappa shape index (κ3) is 2.69. The zero-order chi connectivity index (χ0) is 17.7. The van der Waals surface area contributed by atoms with Gasteiger partial charge in [-0.3, -0.25) is 14.4 Å². The van der Waals surface area contributed by atoms with E-state index in [1.165, 1.54) is 0 Å². The van der Waals surface area contributed by atoms with Gasteiger partial charge < -0.3 is 14.8 Å². The molecular weight excluding hydrogens is 322 g/mol. The van der Waals surface area contributed by atoms with Gasteiger partial charge in [0.1, 0.15) is 6.10 Å². The van der Waals surface area contributed by atoms with Gasteiger partial charge >= 0.3 is 11.9 Å². The Morgan fingerprint density at radius 1 is 1.28 bits per heavy atom. The maximum Gasteiger partial charge on any atom is 0.310 e. The molecule has 5 atom stereocenters. The van der Waals surface area contributed by atoms with Crippen LogP contribution in [0.1, 0.15) is 24.0 Å². The Hall–Kier alpha value is -2.37. The molecule has 2 aliphatic carbocycles. The SMILES string of the molecule is Cc1ccc(NC(=O)COC(=O)[C@@H]2[C@@H]3C[C@@H]4[C@@H]2C(=O)O[C@@H]4C3)c(C)c1. The van der Waals surface area contributed by atoms with Crippen molar-refractivity contribution in [1.29, 1.82) is 0 Å². The molecule has 1 N–H and O–H groups in total. The normalized spacial score (nSPS) is 31.8. The Morgan fingerprint density at radius 2 is 2.08 bits per heavy atom. The first-order valence-corrected chi connectivity index (χ1v) is 8.68. The fourth-order valence-electron chi connectivity index (χ4n) is 4.70. The largest absolute Gasteiger partial charge is 0.462 e. The van der Waals surface area contributed by atoms with Crippen LogP contribution in [0.3, 0.4) is 0 Å². The fraction of sp³-hybridized carbons (Fsp3) is 0.526. The minimum absolute atomic E-state index is 0.0145. The molecule has 6 heteroatoms. The van der Waals surface area contributed by atoms with Gasteiger partial charge in [0.25, 0.3) is 5.91 Å². The number of hydrogen-bond acceptors (Lipinski definition) is 5. The Kier molecular flexibility index (Phi) is 3.78. The van der Waals surface area contributed by atoms with E-state index in [0.29, 0.717) is 5.69 Å². The molecule has 3 fully saturated rings. The van der Waals surface area contributed by atoms with Crippen molar-refractivity contribution in [3.8, 4) is 0 Å². The predicted molar refractivity (Wildman–Crippen MR) is 88.6 cm³/mol. The van der Waals surface area contributed by atoms with Crippen molar-refractivity contribution in [1.82, 2.24) is 0 Å². The highest BCUT2D eigenvalue weighted by Crippen LogP contribution is 2.57. The van der Waals surface area contributed by atoms with Gasteiger partial charge in [0.2, 0.25) is 0 Å². The van der Waals surface area contributed by atoms with Crippen molar-refractivity contribution < 1.29 is 23.9 Å². The van der Waals surface area contributed by atoms with Crippen LogP contribution in [-0.2, 0) is 23.9 Å². The zero-order valence-electron chi connectivity index (χ0n) is 14.3. The smallest absolute Gasteiger partial charge is 0.310 e. The van der Waals surface area contributed by atoms with Crippen LogP contribution in [0, 0.1) is 37.5 Å². The quantitative estimate of drug-likeness (QED) is 0.846. The van der Waals surface area contributed by atoms with Crippen LogP contribution >= 0.6 is 0 Å². The number of anilines is 1. The van der Waals surface area contributed by atoms with Crippen LogP contribution in [0.25, 0.3) is 0 Å². The summed E-state index contributed by atoms with van der Waals surface area (Å²) in [5, 5.41) is 2.75. The number of amides is 1. The van der Waals surface area contributed by atoms with E-state index in [1.54, 1.807) is 0 Å². The van der Waals surface area contributed by atoms with Gasteiger partial charge in [-0.25, -0.2) is 0 Å². The summed E-state index contributed by atoms with van der Waals surface area (Å²) in [5.74, 6) is -1.65. The van der Waals surface area contributed by atoms with Crippen molar-refractivity contribution in [3.05, 3.63) is 29.3 Å². The van der Waals surface area contributed by atoms with Crippen molar-refractivity contribution >= 4 is 23.5 Å². The first kappa shape index (κ1) is 16.1. The fourth-order valence-corrected chi connectivity index (χ4v) is 4.70. The first-order valence-electron chi connectivity index (χ1n) is 8.68. The molecule has 132 valence electrons. The third-order valence-corrected chi connectivity index (χ3v) is 5.76. The molecule has 0 spiro atoms. The van der Waals surface area contributed by atoms with Gasteiger partial charge in [0.05, 0.1) is 11.8 Å². The van der Waals surface area contributed by atoms with E-state index in [4.69, 9.17) is 9.47 Å². The number of benzene rings is 1. The standard InChI is InChI=1S/C19H21NO5/c1-9-3-4-13(10(2)5-9)20-15(21)8-24-18(22)16-11-6-12-14(7-11)25-19(23)17(12)16/h3-5,11-12,14,16-17H,6-8H2,1-2H3,(H,20,21)/t11-,12+,14-,16-,17+/m1/s1. The van der Waals surface area contributed by atoms with Gasteiger partial charge in [-0.1, -0.05) is 17.7 Å². The molecule has 1 aromatic rings. The molecule has 25 heavy (non-hydrogen) atoms. The number of fused-ring (bicyclic) bond motifs is 1. The summed E-state index contributed by atoms with van der Waals surface area (Å²) in [6.45, 7) is 3.55. The Balaban J connectivity index is 1.34. The molecule has 1 heterocycles. The zero-order valence-corrected chi connectivity index (χ0v) is 14.3. The topological polar surface area (TPSA) is 81.7 Å². The lowest BCUT2D eigenvalue weighted by Crippen LogP contribution is -2.35. The minimum Gasteiger partial charge on any atom is -0.462 e. The summed E-state index contributed by atoms with van der Waals surface area (Å²) in [4.78, 5) is 36.4. The minimum atomic E-state index is -0.454. The van der Waals surface area contributed by atoms with E-state index in [9.17, 15) is 14.4 Å². The molecule has 0 unspecified atom stereocenters. The van der Waals surface area contributed by atoms with Crippen LogP contribution in [0.4, 0.5) is 5.69 Å². The second-order valence-corrected chi connectivity index (χ2v) is 7.40. The van der Waals surface area contributed by atoms with E-state index in [1.807, 2.05) is 32.0 Å². The van der Waals surface area contributed by atoms with Crippen LogP contribution in [0.15, 0.2) is 18.2 Å². The van der Waals surface area contributed by atoms with E-state index in [-0.39, 0.29) is 42.3 Å². The number of nitrogens with one attached hydrogen (secondary N) is 1. The summed E-state index contributed by atoms with van der Waals surface area (Å²) in [5.41, 5.74) is 2.77. The highest BCUT2D eigenvalue weighted by molar-refractivity contribution is 5.94. The monoisotopic (exact) mass is 343 g/mol. The summed E-state index contributed by atoms with van der Waals surface area (Å²) in [6, 6.07) is 5.71. The second kappa shape index (κ2) is 5.86. The number of ether oxygens (including phenoxy) is 2. The molecule has 2 saturated carbocycles. The van der Waals surface area contributed by atoms with Gasteiger partial charge in [-0.05, 0) is 44.2 Å². The molecule has 0 aromatic heterocycles. The van der Waals surface area contributed by atoms with E-state index in [2.05, 4.69) is 5.32 Å². The summed E-state index contributed by atoms with van der Waals surface area (Å²) in [6.07, 6.45) is 1.57. The number of rotatable bonds is 4. The second-order valence-electron chi connectivity index (χ2n) is 7.40. The van der Waals surface area contributed by atoms with E-state index in [0.717, 1.165) is 24.0 Å². The van der Waals surface area contributed by atoms with Gasteiger partial charge in [-0.15, -0.1) is 0 Å². The average Bonchev–Trinajstić information content (AvgIpc) is 3.17. The van der Waals surface area contributed by atoms with Crippen LogP contribution < -0.4 is 5.32 Å². The van der Waals surface area contributed by atoms with Crippen molar-refractivity contribution in [2.45, 2.75) is 32.8 Å². The lowest BCUT2D eigenvalue weighted by Gasteiger charge is -2.22. The first-order chi connectivity index (χ1) is 11.9. The average molecular weight is 343 g/mol. The summed E-state index contributed by atoms with van der Waals surface area (Å²) in [7, 11) is 0. The van der Waals surface area contributed by atoms with Gasteiger partial charge in [0, 0.05) is 11.6 Å². The Bertz CT molecular complexity index is 756. The maximum atomic E-state index is 12.4. The van der Waals surface area contributed by atoms with Crippen LogP contribution in [0.2, 0.25) is 0 Å². The van der Waals surface area contributed by atoms with Crippen LogP contribution in [0.5, 0.6) is 0 Å². The molecule has 1 aromatic carbocycles. The molecule has 6 nitrogen and oxygen atoms in total. The molecule has 3 aliphatic rings. The molecule has 4 rings (SSSR count). The molecule has 2 bridgehead atoms. The van der Waals surface area contributed by atoms with Crippen molar-refractivity contribution in [2.75, 3.05) is 11.9 Å². The highest BCUT2D eigenvalue weighted by atomic mass is 16.6.